The molecule has 0 aromatic carbocycles. The molecular weight excluding hydrogens is 262 g/mol. The van der Waals surface area contributed by atoms with E-state index in [1.54, 1.807) is 18.0 Å². The number of amidine groups is 1. The van der Waals surface area contributed by atoms with Crippen molar-refractivity contribution in [2.45, 2.75) is 23.6 Å². The third-order valence-electron chi connectivity index (χ3n) is 1.53. The molecule has 1 rings (SSSR count). The highest BCUT2D eigenvalue weighted by atomic mass is 79.9. The van der Waals surface area contributed by atoms with Crippen molar-refractivity contribution in [1.29, 1.82) is 5.41 Å². The molecule has 0 aliphatic rings. The van der Waals surface area contributed by atoms with E-state index in [1.807, 2.05) is 19.1 Å². The molecule has 0 amide bonds. The third kappa shape index (κ3) is 4.11. The van der Waals surface area contributed by atoms with Crippen LogP contribution in [0.5, 0.6) is 0 Å². The van der Waals surface area contributed by atoms with Crippen molar-refractivity contribution in [2.75, 3.05) is 0 Å². The Balaban J connectivity index is 2.51. The quantitative estimate of drug-likeness (QED) is 0.504. The molecule has 1 atom stereocenters. The van der Waals surface area contributed by atoms with Gasteiger partial charge in [0.25, 0.3) is 0 Å². The molecule has 5 heteroatoms. The highest BCUT2D eigenvalue weighted by Crippen LogP contribution is 2.23. The van der Waals surface area contributed by atoms with Gasteiger partial charge >= 0.3 is 0 Å². The van der Waals surface area contributed by atoms with Gasteiger partial charge in [0.1, 0.15) is 0 Å². The molecule has 1 unspecified atom stereocenters. The highest BCUT2D eigenvalue weighted by Gasteiger charge is 2.06. The second-order valence-corrected chi connectivity index (χ2v) is 5.35. The van der Waals surface area contributed by atoms with Crippen LogP contribution in [0, 0.1) is 5.41 Å². The Labute approximate surface area is 96.1 Å². The van der Waals surface area contributed by atoms with Crippen molar-refractivity contribution < 1.29 is 0 Å². The molecule has 0 aliphatic heterocycles. The molecule has 0 aliphatic carbocycles. The van der Waals surface area contributed by atoms with E-state index < -0.39 is 0 Å². The number of aromatic nitrogens is 1. The van der Waals surface area contributed by atoms with E-state index in [0.717, 1.165) is 9.50 Å². The number of thioether (sulfide) groups is 1. The summed E-state index contributed by atoms with van der Waals surface area (Å²) in [7, 11) is 0. The molecule has 0 saturated carbocycles. The first-order chi connectivity index (χ1) is 6.58. The van der Waals surface area contributed by atoms with Gasteiger partial charge in [0, 0.05) is 22.3 Å². The number of nitrogens with zero attached hydrogens (tertiary/aromatic N) is 1. The fourth-order valence-corrected chi connectivity index (χ4v) is 2.16. The van der Waals surface area contributed by atoms with Gasteiger partial charge < -0.3 is 5.73 Å². The highest BCUT2D eigenvalue weighted by molar-refractivity contribution is 9.10. The number of rotatable bonds is 4. The number of hydrogen-bond donors (Lipinski definition) is 2. The van der Waals surface area contributed by atoms with Gasteiger partial charge in [-0.3, -0.25) is 5.41 Å². The van der Waals surface area contributed by atoms with Crippen molar-refractivity contribution in [3.63, 3.8) is 0 Å². The van der Waals surface area contributed by atoms with E-state index in [9.17, 15) is 0 Å². The Morgan fingerprint density at radius 1 is 1.71 bits per heavy atom. The fourth-order valence-electron chi connectivity index (χ4n) is 0.989. The Morgan fingerprint density at radius 3 is 2.93 bits per heavy atom. The van der Waals surface area contributed by atoms with Crippen molar-refractivity contribution >= 4 is 33.5 Å². The number of nitrogens with two attached hydrogens (primary N) is 1. The summed E-state index contributed by atoms with van der Waals surface area (Å²) in [6.07, 6.45) is 2.37. The van der Waals surface area contributed by atoms with Crippen molar-refractivity contribution in [2.24, 2.45) is 5.73 Å². The fraction of sp³-hybridized carbons (Fsp3) is 0.333. The van der Waals surface area contributed by atoms with Crippen LogP contribution < -0.4 is 5.73 Å². The molecular formula is C9H12BrN3S. The summed E-state index contributed by atoms with van der Waals surface area (Å²) in [5.41, 5.74) is 5.31. The molecule has 0 fully saturated rings. The molecule has 0 saturated heterocycles. The van der Waals surface area contributed by atoms with Crippen LogP contribution in [0.1, 0.15) is 13.3 Å². The van der Waals surface area contributed by atoms with E-state index in [0.29, 0.717) is 11.7 Å². The van der Waals surface area contributed by atoms with Crippen LogP contribution >= 0.6 is 27.7 Å². The van der Waals surface area contributed by atoms with E-state index in [2.05, 4.69) is 20.9 Å². The topological polar surface area (TPSA) is 62.8 Å². The van der Waals surface area contributed by atoms with Crippen LogP contribution in [0.3, 0.4) is 0 Å². The molecule has 0 spiro atoms. The molecule has 3 nitrogen and oxygen atoms in total. The first-order valence-electron chi connectivity index (χ1n) is 4.19. The van der Waals surface area contributed by atoms with Crippen molar-refractivity contribution in [1.82, 2.24) is 4.98 Å². The zero-order valence-electron chi connectivity index (χ0n) is 7.83. The Morgan fingerprint density at radius 2 is 2.43 bits per heavy atom. The van der Waals surface area contributed by atoms with Crippen molar-refractivity contribution in [3.8, 4) is 0 Å². The normalized spacial score (nSPS) is 12.4. The van der Waals surface area contributed by atoms with Crippen LogP contribution in [0.2, 0.25) is 0 Å². The largest absolute Gasteiger partial charge is 0.388 e. The van der Waals surface area contributed by atoms with Gasteiger partial charge in [0.2, 0.25) is 0 Å². The zero-order chi connectivity index (χ0) is 10.6. The molecule has 0 bridgehead atoms. The van der Waals surface area contributed by atoms with Gasteiger partial charge in [-0.1, -0.05) is 6.92 Å². The van der Waals surface area contributed by atoms with Crippen LogP contribution in [0.15, 0.2) is 27.8 Å². The zero-order valence-corrected chi connectivity index (χ0v) is 10.2. The van der Waals surface area contributed by atoms with E-state index in [4.69, 9.17) is 11.1 Å². The molecule has 14 heavy (non-hydrogen) atoms. The Kier molecular flexibility index (Phi) is 4.41. The number of nitrogens with one attached hydrogen (secondary N) is 1. The van der Waals surface area contributed by atoms with Gasteiger partial charge in [-0.15, -0.1) is 11.8 Å². The summed E-state index contributed by atoms with van der Waals surface area (Å²) >= 11 is 4.95. The van der Waals surface area contributed by atoms with Gasteiger partial charge in [0.05, 0.1) is 10.9 Å². The van der Waals surface area contributed by atoms with Crippen molar-refractivity contribution in [3.05, 3.63) is 22.8 Å². The monoisotopic (exact) mass is 273 g/mol. The van der Waals surface area contributed by atoms with Crippen LogP contribution in [0.4, 0.5) is 0 Å². The summed E-state index contributed by atoms with van der Waals surface area (Å²) in [4.78, 5) is 4.23. The second kappa shape index (κ2) is 5.36. The average Bonchev–Trinajstić information content (AvgIpc) is 2.07. The summed E-state index contributed by atoms with van der Waals surface area (Å²) < 4.78 is 0.973. The van der Waals surface area contributed by atoms with Gasteiger partial charge in [-0.05, 0) is 28.1 Å². The lowest BCUT2D eigenvalue weighted by Crippen LogP contribution is -2.14. The smallest absolute Gasteiger partial charge is 0.0963 e. The molecule has 1 aromatic heterocycles. The molecule has 0 radical (unpaired) electrons. The Bertz CT molecular complexity index is 312. The lowest BCUT2D eigenvalue weighted by atomic mass is 10.3. The van der Waals surface area contributed by atoms with E-state index >= 15 is 0 Å². The summed E-state index contributed by atoms with van der Waals surface area (Å²) in [5.74, 6) is 0.224. The maximum absolute atomic E-state index is 7.16. The van der Waals surface area contributed by atoms with Crippen LogP contribution in [0.25, 0.3) is 0 Å². The third-order valence-corrected chi connectivity index (χ3v) is 3.05. The number of halogens is 1. The standard InChI is InChI=1S/C9H12BrN3S/c1-6(4-8(11)12)14-9-3-2-7(10)5-13-9/h2-3,5-6H,4H2,1H3,(H3,11,12). The van der Waals surface area contributed by atoms with Crippen LogP contribution in [-0.4, -0.2) is 16.1 Å². The van der Waals surface area contributed by atoms with Gasteiger partial charge in [-0.2, -0.15) is 0 Å². The van der Waals surface area contributed by atoms with Gasteiger partial charge in [-0.25, -0.2) is 4.98 Å². The summed E-state index contributed by atoms with van der Waals surface area (Å²) in [6, 6.07) is 3.90. The van der Waals surface area contributed by atoms with E-state index in [1.165, 1.54) is 0 Å². The summed E-state index contributed by atoms with van der Waals surface area (Å²) in [6.45, 7) is 2.04. The van der Waals surface area contributed by atoms with Gasteiger partial charge in [0.15, 0.2) is 0 Å². The maximum atomic E-state index is 7.16. The Hall–Kier alpha value is -0.550. The number of hydrogen-bond acceptors (Lipinski definition) is 3. The first kappa shape index (κ1) is 11.5. The van der Waals surface area contributed by atoms with E-state index in [-0.39, 0.29) is 5.84 Å². The summed E-state index contributed by atoms with van der Waals surface area (Å²) in [5, 5.41) is 8.41. The second-order valence-electron chi connectivity index (χ2n) is 2.97. The SMILES string of the molecule is CC(CC(=N)N)Sc1ccc(Br)cn1. The first-order valence-corrected chi connectivity index (χ1v) is 5.86. The van der Waals surface area contributed by atoms with Crippen LogP contribution in [-0.2, 0) is 0 Å². The predicted octanol–water partition coefficient (Wildman–Crippen LogP) is 2.65. The maximum Gasteiger partial charge on any atom is 0.0963 e. The minimum Gasteiger partial charge on any atom is -0.388 e. The molecule has 1 aromatic rings. The molecule has 1 heterocycles. The molecule has 76 valence electrons. The predicted molar refractivity (Wildman–Crippen MR) is 63.8 cm³/mol. The number of pyridine rings is 1. The lowest BCUT2D eigenvalue weighted by molar-refractivity contribution is 0.985. The average molecular weight is 274 g/mol. The molecule has 3 N–H and O–H groups in total. The minimum atomic E-state index is 0.224. The minimum absolute atomic E-state index is 0.224. The lowest BCUT2D eigenvalue weighted by Gasteiger charge is -2.08.